The zero-order chi connectivity index (χ0) is 23.5. The summed E-state index contributed by atoms with van der Waals surface area (Å²) in [5, 5.41) is 5.83. The summed E-state index contributed by atoms with van der Waals surface area (Å²) in [6, 6.07) is 15.0. The van der Waals surface area contributed by atoms with Crippen molar-refractivity contribution < 1.29 is 13.2 Å². The van der Waals surface area contributed by atoms with E-state index in [0.29, 0.717) is 17.3 Å². The Morgan fingerprint density at radius 2 is 1.59 bits per heavy atom. The van der Waals surface area contributed by atoms with Gasteiger partial charge in [-0.15, -0.1) is 0 Å². The number of alkyl halides is 3. The molecule has 0 aliphatic rings. The summed E-state index contributed by atoms with van der Waals surface area (Å²) < 4.78 is 40.7. The Hall–Kier alpha value is -3.09. The minimum absolute atomic E-state index is 0.00455. The second kappa shape index (κ2) is 9.18. The maximum atomic E-state index is 13.6. The molecule has 0 unspecified atom stereocenters. The first kappa shape index (κ1) is 23.6. The Morgan fingerprint density at radius 1 is 0.906 bits per heavy atom. The van der Waals surface area contributed by atoms with E-state index >= 15 is 0 Å². The number of nitrogens with one attached hydrogen (secondary N) is 2. The Balaban J connectivity index is 1.89. The molecule has 0 radical (unpaired) electrons. The summed E-state index contributed by atoms with van der Waals surface area (Å²) in [7, 11) is 0. The third kappa shape index (κ3) is 6.22. The summed E-state index contributed by atoms with van der Waals surface area (Å²) in [5.74, 6) is 0.237. The van der Waals surface area contributed by atoms with Gasteiger partial charge in [-0.05, 0) is 53.1 Å². The van der Waals surface area contributed by atoms with Crippen molar-refractivity contribution in [3.63, 3.8) is 0 Å². The molecular weight excluding hydrogens is 413 g/mol. The van der Waals surface area contributed by atoms with E-state index in [4.69, 9.17) is 0 Å². The van der Waals surface area contributed by atoms with E-state index in [-0.39, 0.29) is 17.2 Å². The fourth-order valence-corrected chi connectivity index (χ4v) is 3.31. The summed E-state index contributed by atoms with van der Waals surface area (Å²) in [6.07, 6.45) is -2.94. The third-order valence-electron chi connectivity index (χ3n) is 4.93. The van der Waals surface area contributed by atoms with Crippen molar-refractivity contribution in [1.29, 1.82) is 0 Å². The van der Waals surface area contributed by atoms with Crippen molar-refractivity contribution in [3.05, 3.63) is 71.4 Å². The van der Waals surface area contributed by atoms with Crippen molar-refractivity contribution in [1.82, 2.24) is 9.97 Å². The standard InChI is InChI=1S/C25H29F3N4/c1-16(2)13-17-7-6-8-20(14-17)30-22-21(25(26,27)28)15-29-23(32-22)31-19-11-9-18(10-12-19)24(3,4)5/h6-12,14-16H,13H2,1-5H3,(H2,29,30,31,32). The highest BCUT2D eigenvalue weighted by Crippen LogP contribution is 2.35. The Morgan fingerprint density at radius 3 is 2.19 bits per heavy atom. The molecule has 1 heterocycles. The number of hydrogen-bond acceptors (Lipinski definition) is 4. The lowest BCUT2D eigenvalue weighted by molar-refractivity contribution is -0.137. The minimum Gasteiger partial charge on any atom is -0.340 e. The molecule has 170 valence electrons. The van der Waals surface area contributed by atoms with Gasteiger partial charge in [-0.2, -0.15) is 18.2 Å². The van der Waals surface area contributed by atoms with Gasteiger partial charge in [0.15, 0.2) is 0 Å². The van der Waals surface area contributed by atoms with Gasteiger partial charge in [0.05, 0.1) is 0 Å². The SMILES string of the molecule is CC(C)Cc1cccc(Nc2nc(Nc3ccc(C(C)(C)C)cc3)ncc2C(F)(F)F)c1. The highest BCUT2D eigenvalue weighted by atomic mass is 19.4. The van der Waals surface area contributed by atoms with Crippen LogP contribution in [0.15, 0.2) is 54.7 Å². The molecule has 0 fully saturated rings. The van der Waals surface area contributed by atoms with E-state index in [1.807, 2.05) is 42.5 Å². The van der Waals surface area contributed by atoms with Crippen LogP contribution in [0.1, 0.15) is 51.3 Å². The molecule has 0 saturated carbocycles. The smallest absolute Gasteiger partial charge is 0.340 e. The van der Waals surface area contributed by atoms with Gasteiger partial charge in [0.25, 0.3) is 0 Å². The monoisotopic (exact) mass is 442 g/mol. The fourth-order valence-electron chi connectivity index (χ4n) is 3.31. The summed E-state index contributed by atoms with van der Waals surface area (Å²) in [6.45, 7) is 10.5. The molecule has 0 atom stereocenters. The molecule has 0 aliphatic heterocycles. The quantitative estimate of drug-likeness (QED) is 0.415. The molecule has 2 N–H and O–H groups in total. The molecule has 1 aromatic heterocycles. The molecule has 3 aromatic rings. The van der Waals surface area contributed by atoms with E-state index in [2.05, 4.69) is 55.2 Å². The number of anilines is 4. The van der Waals surface area contributed by atoms with Gasteiger partial charge >= 0.3 is 6.18 Å². The Kier molecular flexibility index (Phi) is 6.77. The number of hydrogen-bond donors (Lipinski definition) is 2. The topological polar surface area (TPSA) is 49.8 Å². The molecule has 4 nitrogen and oxygen atoms in total. The van der Waals surface area contributed by atoms with Crippen LogP contribution in [0.2, 0.25) is 0 Å². The Labute approximate surface area is 187 Å². The largest absolute Gasteiger partial charge is 0.421 e. The molecule has 2 aromatic carbocycles. The molecule has 32 heavy (non-hydrogen) atoms. The minimum atomic E-state index is -4.58. The average Bonchev–Trinajstić information content (AvgIpc) is 2.67. The Bertz CT molecular complexity index is 1050. The second-order valence-electron chi connectivity index (χ2n) is 9.33. The van der Waals surface area contributed by atoms with E-state index < -0.39 is 11.7 Å². The van der Waals surface area contributed by atoms with Crippen LogP contribution in [-0.4, -0.2) is 9.97 Å². The highest BCUT2D eigenvalue weighted by molar-refractivity contribution is 5.63. The summed E-state index contributed by atoms with van der Waals surface area (Å²) in [5.41, 5.74) is 2.53. The van der Waals surface area contributed by atoms with Crippen LogP contribution >= 0.6 is 0 Å². The molecule has 0 amide bonds. The lowest BCUT2D eigenvalue weighted by Gasteiger charge is -2.19. The van der Waals surface area contributed by atoms with Crippen LogP contribution < -0.4 is 10.6 Å². The van der Waals surface area contributed by atoms with Gasteiger partial charge in [0.2, 0.25) is 5.95 Å². The number of rotatable bonds is 6. The molecule has 0 spiro atoms. The third-order valence-corrected chi connectivity index (χ3v) is 4.93. The van der Waals surface area contributed by atoms with Crippen LogP contribution in [0.3, 0.4) is 0 Å². The summed E-state index contributed by atoms with van der Waals surface area (Å²) in [4.78, 5) is 8.03. The van der Waals surface area contributed by atoms with Gasteiger partial charge in [0, 0.05) is 17.6 Å². The first-order valence-corrected chi connectivity index (χ1v) is 10.6. The predicted molar refractivity (Wildman–Crippen MR) is 124 cm³/mol. The van der Waals surface area contributed by atoms with Crippen LogP contribution in [-0.2, 0) is 18.0 Å². The van der Waals surface area contributed by atoms with Crippen LogP contribution in [0.25, 0.3) is 0 Å². The number of halogens is 3. The summed E-state index contributed by atoms with van der Waals surface area (Å²) >= 11 is 0. The molecule has 3 rings (SSSR count). The van der Waals surface area contributed by atoms with Crippen molar-refractivity contribution in [2.24, 2.45) is 5.92 Å². The van der Waals surface area contributed by atoms with Gasteiger partial charge < -0.3 is 10.6 Å². The van der Waals surface area contributed by atoms with Crippen LogP contribution in [0.4, 0.5) is 36.3 Å². The number of nitrogens with zero attached hydrogens (tertiary/aromatic N) is 2. The number of benzene rings is 2. The second-order valence-corrected chi connectivity index (χ2v) is 9.33. The van der Waals surface area contributed by atoms with Crippen molar-refractivity contribution >= 4 is 23.1 Å². The zero-order valence-electron chi connectivity index (χ0n) is 19.0. The average molecular weight is 443 g/mol. The van der Waals surface area contributed by atoms with E-state index in [9.17, 15) is 13.2 Å². The van der Waals surface area contributed by atoms with E-state index in [1.165, 1.54) is 0 Å². The van der Waals surface area contributed by atoms with Gasteiger partial charge in [-0.25, -0.2) is 4.98 Å². The molecule has 0 aliphatic carbocycles. The maximum Gasteiger partial charge on any atom is 0.421 e. The van der Waals surface area contributed by atoms with Crippen molar-refractivity contribution in [2.45, 2.75) is 52.6 Å². The van der Waals surface area contributed by atoms with E-state index in [0.717, 1.165) is 23.7 Å². The fraction of sp³-hybridized carbons (Fsp3) is 0.360. The van der Waals surface area contributed by atoms with Crippen LogP contribution in [0.5, 0.6) is 0 Å². The van der Waals surface area contributed by atoms with Gasteiger partial charge in [-0.1, -0.05) is 58.9 Å². The number of aromatic nitrogens is 2. The first-order valence-electron chi connectivity index (χ1n) is 10.6. The first-order chi connectivity index (χ1) is 14.9. The van der Waals surface area contributed by atoms with Gasteiger partial charge in [-0.3, -0.25) is 0 Å². The molecule has 7 heteroatoms. The normalized spacial score (nSPS) is 12.2. The molecular formula is C25H29F3N4. The molecule has 0 saturated heterocycles. The maximum absolute atomic E-state index is 13.6. The van der Waals surface area contributed by atoms with E-state index in [1.54, 1.807) is 6.07 Å². The zero-order valence-corrected chi connectivity index (χ0v) is 19.0. The van der Waals surface area contributed by atoms with Crippen molar-refractivity contribution in [2.75, 3.05) is 10.6 Å². The predicted octanol–water partition coefficient (Wildman–Crippen LogP) is 7.48. The van der Waals surface area contributed by atoms with Crippen molar-refractivity contribution in [3.8, 4) is 0 Å². The highest BCUT2D eigenvalue weighted by Gasteiger charge is 2.35. The molecule has 0 bridgehead atoms. The van der Waals surface area contributed by atoms with Gasteiger partial charge in [0.1, 0.15) is 11.4 Å². The van der Waals surface area contributed by atoms with Crippen LogP contribution in [0, 0.1) is 5.92 Å². The lowest BCUT2D eigenvalue weighted by Crippen LogP contribution is -2.13. The lowest BCUT2D eigenvalue weighted by atomic mass is 9.87.